The quantitative estimate of drug-likeness (QED) is 0.0481. The van der Waals surface area contributed by atoms with Gasteiger partial charge in [0.1, 0.15) is 6.04 Å². The van der Waals surface area contributed by atoms with Gasteiger partial charge in [0.25, 0.3) is 11.8 Å². The second-order valence-electron chi connectivity index (χ2n) is 14.1. The minimum Gasteiger partial charge on any atom is -0.467 e. The molecule has 61 heavy (non-hydrogen) atoms. The van der Waals surface area contributed by atoms with E-state index in [9.17, 15) is 37.1 Å². The molecule has 1 aromatic heterocycles. The third-order valence-corrected chi connectivity index (χ3v) is 9.99. The first kappa shape index (κ1) is 45.6. The summed E-state index contributed by atoms with van der Waals surface area (Å²) in [7, 11) is 1.08. The van der Waals surface area contributed by atoms with E-state index in [1.165, 1.54) is 48.5 Å². The summed E-state index contributed by atoms with van der Waals surface area (Å²) < 4.78 is 48.6. The number of esters is 1. The number of anilines is 4. The Morgan fingerprint density at radius 1 is 0.787 bits per heavy atom. The number of carbonyl (C=O) groups excluding carboxylic acids is 5. The van der Waals surface area contributed by atoms with Crippen LogP contribution in [0.15, 0.2) is 72.8 Å². The van der Waals surface area contributed by atoms with Crippen LogP contribution in [0.3, 0.4) is 0 Å². The number of hydrogen-bond donors (Lipinski definition) is 6. The van der Waals surface area contributed by atoms with Crippen LogP contribution in [0.1, 0.15) is 72.2 Å². The first-order valence-corrected chi connectivity index (χ1v) is 19.7. The van der Waals surface area contributed by atoms with E-state index in [0.717, 1.165) is 31.9 Å². The van der Waals surface area contributed by atoms with Gasteiger partial charge in [0.2, 0.25) is 11.9 Å². The van der Waals surface area contributed by atoms with Crippen molar-refractivity contribution in [2.45, 2.75) is 63.7 Å². The summed E-state index contributed by atoms with van der Waals surface area (Å²) in [6, 6.07) is 16.7. The Morgan fingerprint density at radius 3 is 1.98 bits per heavy atom. The molecule has 1 fully saturated rings. The lowest BCUT2D eigenvalue weighted by Gasteiger charge is -2.19. The fourth-order valence-electron chi connectivity index (χ4n) is 6.04. The van der Waals surface area contributed by atoms with Crippen LogP contribution in [-0.4, -0.2) is 83.6 Å². The molecule has 1 aliphatic carbocycles. The standard InChI is InChI=1S/C41H45ClF3N9O7/c1-4-24(5-2)18-21-46-32(55)25-6-14-29(15-7-25)48-35(58)34(57)47-22-31(36(59)60-3)50-33(56)26-8-16-30(17-9-26)49-37-51-38(53-39(52-37)61-23-41(43,44)45)54-40(19-20-40)27-10-12-28(42)13-11-27/h6-17,24,31H,4-5,18-23H2,1-3H3,(H,46,55)(H,47,57)(H,48,58)(H,50,56)(H2,49,51,52,53,54)/t31-/m0/s1. The topological polar surface area (TPSA) is 215 Å². The SMILES string of the molecule is CCC(CC)CCNC(=O)c1ccc(NC(=O)C(=O)NC[C@H](NC(=O)c2ccc(Nc3nc(NC4(c5ccc(Cl)cc5)CC4)nc(OCC(F)(F)F)n3)cc2)C(=O)OC)cc1. The van der Waals surface area contributed by atoms with Crippen molar-refractivity contribution in [2.75, 3.05) is 42.8 Å². The molecule has 0 spiro atoms. The van der Waals surface area contributed by atoms with E-state index >= 15 is 0 Å². The van der Waals surface area contributed by atoms with Crippen molar-refractivity contribution in [3.8, 4) is 6.01 Å². The minimum atomic E-state index is -4.65. The zero-order chi connectivity index (χ0) is 44.2. The molecule has 0 unspecified atom stereocenters. The predicted octanol–water partition coefficient (Wildman–Crippen LogP) is 5.89. The molecular weight excluding hydrogens is 823 g/mol. The third-order valence-electron chi connectivity index (χ3n) is 9.74. The molecule has 0 bridgehead atoms. The van der Waals surface area contributed by atoms with Crippen LogP contribution >= 0.6 is 11.6 Å². The van der Waals surface area contributed by atoms with Gasteiger partial charge >= 0.3 is 30.0 Å². The molecule has 0 saturated heterocycles. The minimum absolute atomic E-state index is 0.0467. The second-order valence-corrected chi connectivity index (χ2v) is 14.5. The summed E-state index contributed by atoms with van der Waals surface area (Å²) >= 11 is 6.04. The van der Waals surface area contributed by atoms with E-state index in [-0.39, 0.29) is 29.1 Å². The fraction of sp³-hybridized carbons (Fsp3) is 0.366. The summed E-state index contributed by atoms with van der Waals surface area (Å²) in [6.45, 7) is 2.61. The molecule has 1 heterocycles. The molecule has 5 rings (SSSR count). The van der Waals surface area contributed by atoms with Crippen LogP contribution in [-0.2, 0) is 24.7 Å². The normalized spacial score (nSPS) is 13.3. The predicted molar refractivity (Wildman–Crippen MR) is 219 cm³/mol. The van der Waals surface area contributed by atoms with Crippen LogP contribution in [0, 0.1) is 5.92 Å². The van der Waals surface area contributed by atoms with Crippen LogP contribution < -0.4 is 36.6 Å². The highest BCUT2D eigenvalue weighted by Gasteiger charge is 2.45. The molecule has 16 nitrogen and oxygen atoms in total. The van der Waals surface area contributed by atoms with Gasteiger partial charge in [-0.2, -0.15) is 28.1 Å². The Kier molecular flexibility index (Phi) is 15.4. The molecular formula is C41H45ClF3N9O7. The highest BCUT2D eigenvalue weighted by Crippen LogP contribution is 2.48. The van der Waals surface area contributed by atoms with Gasteiger partial charge in [-0.3, -0.25) is 19.2 Å². The van der Waals surface area contributed by atoms with Gasteiger partial charge in [-0.1, -0.05) is 50.4 Å². The molecule has 3 aromatic carbocycles. The Morgan fingerprint density at radius 2 is 1.39 bits per heavy atom. The van der Waals surface area contributed by atoms with E-state index in [2.05, 4.69) is 60.7 Å². The number of nitrogens with one attached hydrogen (secondary N) is 6. The van der Waals surface area contributed by atoms with Crippen LogP contribution in [0.25, 0.3) is 0 Å². The summed E-state index contributed by atoms with van der Waals surface area (Å²) in [6.07, 6.45) is -0.334. The molecule has 1 atom stereocenters. The number of alkyl halides is 3. The molecule has 1 saturated carbocycles. The van der Waals surface area contributed by atoms with Gasteiger partial charge in [-0.25, -0.2) is 4.79 Å². The number of aromatic nitrogens is 3. The number of carbonyl (C=O) groups is 5. The van der Waals surface area contributed by atoms with E-state index < -0.39 is 60.6 Å². The number of rotatable bonds is 19. The van der Waals surface area contributed by atoms with E-state index in [4.69, 9.17) is 21.1 Å². The number of nitrogens with zero attached hydrogens (tertiary/aromatic N) is 3. The second kappa shape index (κ2) is 20.7. The number of halogens is 4. The van der Waals surface area contributed by atoms with Crippen LogP contribution in [0.2, 0.25) is 5.02 Å². The molecule has 0 aliphatic heterocycles. The lowest BCUT2D eigenvalue weighted by molar-refractivity contribution is -0.154. The lowest BCUT2D eigenvalue weighted by Crippen LogP contribution is -2.50. The van der Waals surface area contributed by atoms with E-state index in [0.29, 0.717) is 41.6 Å². The summed E-state index contributed by atoms with van der Waals surface area (Å²) in [4.78, 5) is 75.8. The maximum Gasteiger partial charge on any atom is 0.422 e. The van der Waals surface area contributed by atoms with Gasteiger partial charge in [0.05, 0.1) is 12.6 Å². The van der Waals surface area contributed by atoms with Crippen molar-refractivity contribution >= 4 is 64.5 Å². The zero-order valence-corrected chi connectivity index (χ0v) is 34.2. The molecule has 324 valence electrons. The maximum atomic E-state index is 13.2. The largest absolute Gasteiger partial charge is 0.467 e. The number of methoxy groups -OCH3 is 1. The summed E-state index contributed by atoms with van der Waals surface area (Å²) in [5, 5.41) is 16.6. The Balaban J connectivity index is 1.16. The fourth-order valence-corrected chi connectivity index (χ4v) is 6.17. The van der Waals surface area contributed by atoms with Crippen molar-refractivity contribution in [3.63, 3.8) is 0 Å². The number of hydrogen-bond acceptors (Lipinski definition) is 12. The van der Waals surface area contributed by atoms with Gasteiger partial charge in [0.15, 0.2) is 6.61 Å². The van der Waals surface area contributed by atoms with Gasteiger partial charge in [-0.05, 0) is 91.4 Å². The monoisotopic (exact) mass is 867 g/mol. The Hall–Kier alpha value is -6.50. The van der Waals surface area contributed by atoms with Crippen molar-refractivity contribution < 1.29 is 46.6 Å². The highest BCUT2D eigenvalue weighted by atomic mass is 35.5. The summed E-state index contributed by atoms with van der Waals surface area (Å²) in [5.41, 5.74) is 1.32. The number of ether oxygens (including phenoxy) is 2. The molecule has 1 aliphatic rings. The number of benzene rings is 3. The van der Waals surface area contributed by atoms with Crippen LogP contribution in [0.4, 0.5) is 36.4 Å². The molecule has 20 heteroatoms. The zero-order valence-electron chi connectivity index (χ0n) is 33.5. The first-order valence-electron chi connectivity index (χ1n) is 19.3. The Bertz CT molecular complexity index is 2170. The van der Waals surface area contributed by atoms with Crippen molar-refractivity contribution in [1.82, 2.24) is 30.9 Å². The van der Waals surface area contributed by atoms with Gasteiger partial charge in [0, 0.05) is 40.6 Å². The maximum absolute atomic E-state index is 13.2. The molecule has 0 radical (unpaired) electrons. The van der Waals surface area contributed by atoms with Crippen LogP contribution in [0.5, 0.6) is 6.01 Å². The molecule has 4 aromatic rings. The average molecular weight is 868 g/mol. The Labute approximate surface area is 354 Å². The van der Waals surface area contributed by atoms with Crippen molar-refractivity contribution in [1.29, 1.82) is 0 Å². The molecule has 4 amide bonds. The van der Waals surface area contributed by atoms with Crippen molar-refractivity contribution in [3.05, 3.63) is 94.5 Å². The lowest BCUT2D eigenvalue weighted by atomic mass is 10.00. The average Bonchev–Trinajstić information content (AvgIpc) is 4.03. The van der Waals surface area contributed by atoms with Gasteiger partial charge < -0.3 is 41.4 Å². The molecule has 6 N–H and O–H groups in total. The van der Waals surface area contributed by atoms with Crippen molar-refractivity contribution in [2.24, 2.45) is 5.92 Å². The van der Waals surface area contributed by atoms with E-state index in [1.54, 1.807) is 12.1 Å². The summed E-state index contributed by atoms with van der Waals surface area (Å²) in [5.74, 6) is -3.77. The van der Waals surface area contributed by atoms with Gasteiger partial charge in [-0.15, -0.1) is 0 Å². The first-order chi connectivity index (χ1) is 29.1. The number of amides is 4. The van der Waals surface area contributed by atoms with E-state index in [1.807, 2.05) is 12.1 Å². The third kappa shape index (κ3) is 13.5. The highest BCUT2D eigenvalue weighted by molar-refractivity contribution is 6.39. The smallest absolute Gasteiger partial charge is 0.422 e.